The number of hydrogen-bond acceptors (Lipinski definition) is 3. The molecule has 3 rings (SSSR count). The summed E-state index contributed by atoms with van der Waals surface area (Å²) >= 11 is 0. The van der Waals surface area contributed by atoms with Crippen LogP contribution in [0.15, 0.2) is 12.5 Å². The number of hydrogen-bond donors (Lipinski definition) is 1. The molecule has 4 heteroatoms. The fourth-order valence-corrected chi connectivity index (χ4v) is 2.90. The molecule has 1 aromatic rings. The van der Waals surface area contributed by atoms with Gasteiger partial charge in [-0.05, 0) is 38.6 Å². The van der Waals surface area contributed by atoms with Crippen LogP contribution in [0.3, 0.4) is 0 Å². The summed E-state index contributed by atoms with van der Waals surface area (Å²) in [4.78, 5) is 4.29. The van der Waals surface area contributed by atoms with Crippen molar-refractivity contribution in [2.75, 3.05) is 13.2 Å². The van der Waals surface area contributed by atoms with Gasteiger partial charge < -0.3 is 14.6 Å². The highest BCUT2D eigenvalue weighted by Crippen LogP contribution is 2.23. The summed E-state index contributed by atoms with van der Waals surface area (Å²) in [6.45, 7) is 3.13. The molecule has 0 aromatic carbocycles. The smallest absolute Gasteiger partial charge is 0.0948 e. The molecule has 0 aliphatic carbocycles. The van der Waals surface area contributed by atoms with Crippen LogP contribution in [0.5, 0.6) is 0 Å². The summed E-state index contributed by atoms with van der Waals surface area (Å²) in [6.07, 6.45) is 10.5. The molecule has 94 valence electrons. The van der Waals surface area contributed by atoms with Gasteiger partial charge in [0.2, 0.25) is 0 Å². The first-order chi connectivity index (χ1) is 8.43. The zero-order valence-corrected chi connectivity index (χ0v) is 10.3. The first kappa shape index (κ1) is 11.2. The Hall–Kier alpha value is -0.870. The third kappa shape index (κ3) is 2.53. The molecule has 2 unspecified atom stereocenters. The van der Waals surface area contributed by atoms with Gasteiger partial charge in [0.15, 0.2) is 0 Å². The van der Waals surface area contributed by atoms with E-state index in [0.717, 1.165) is 26.1 Å². The molecule has 0 saturated carbocycles. The van der Waals surface area contributed by atoms with Gasteiger partial charge in [0.05, 0.1) is 18.1 Å². The molecule has 0 radical (unpaired) electrons. The third-order valence-electron chi connectivity index (χ3n) is 3.88. The lowest BCUT2D eigenvalue weighted by Gasteiger charge is -2.15. The number of nitrogens with zero attached hydrogens (tertiary/aromatic N) is 2. The maximum absolute atomic E-state index is 5.67. The Labute approximate surface area is 102 Å². The van der Waals surface area contributed by atoms with Crippen molar-refractivity contribution in [3.8, 4) is 0 Å². The molecule has 2 aliphatic heterocycles. The zero-order chi connectivity index (χ0) is 11.5. The van der Waals surface area contributed by atoms with Crippen LogP contribution in [-0.2, 0) is 11.3 Å². The van der Waals surface area contributed by atoms with Crippen molar-refractivity contribution in [1.82, 2.24) is 14.9 Å². The molecular formula is C13H21N3O. The van der Waals surface area contributed by atoms with Gasteiger partial charge in [-0.15, -0.1) is 0 Å². The van der Waals surface area contributed by atoms with E-state index < -0.39 is 0 Å². The molecule has 1 N–H and O–H groups in total. The summed E-state index contributed by atoms with van der Waals surface area (Å²) in [7, 11) is 0. The average Bonchev–Trinajstić information content (AvgIpc) is 3.09. The molecule has 3 heterocycles. The van der Waals surface area contributed by atoms with Crippen LogP contribution >= 0.6 is 0 Å². The van der Waals surface area contributed by atoms with Gasteiger partial charge in [-0.1, -0.05) is 0 Å². The summed E-state index contributed by atoms with van der Waals surface area (Å²) in [5.41, 5.74) is 1.35. The first-order valence-corrected chi connectivity index (χ1v) is 6.78. The van der Waals surface area contributed by atoms with Crippen LogP contribution in [0.1, 0.15) is 43.8 Å². The van der Waals surface area contributed by atoms with Crippen molar-refractivity contribution >= 4 is 0 Å². The molecule has 0 bridgehead atoms. The van der Waals surface area contributed by atoms with Gasteiger partial charge in [0, 0.05) is 25.4 Å². The fraction of sp³-hybridized carbons (Fsp3) is 0.769. The average molecular weight is 235 g/mol. The lowest BCUT2D eigenvalue weighted by atomic mass is 10.1. The van der Waals surface area contributed by atoms with E-state index >= 15 is 0 Å². The van der Waals surface area contributed by atoms with Crippen LogP contribution in [0.25, 0.3) is 0 Å². The number of aryl methyl sites for hydroxylation is 1. The van der Waals surface area contributed by atoms with Crippen LogP contribution in [0.4, 0.5) is 0 Å². The molecule has 2 fully saturated rings. The van der Waals surface area contributed by atoms with Crippen molar-refractivity contribution in [3.05, 3.63) is 18.2 Å². The van der Waals surface area contributed by atoms with Crippen LogP contribution in [0.2, 0.25) is 0 Å². The lowest BCUT2D eigenvalue weighted by molar-refractivity contribution is 0.100. The highest BCUT2D eigenvalue weighted by atomic mass is 16.5. The first-order valence-electron chi connectivity index (χ1n) is 6.78. The largest absolute Gasteiger partial charge is 0.378 e. The van der Waals surface area contributed by atoms with Gasteiger partial charge in [-0.3, -0.25) is 0 Å². The number of ether oxygens (including phenoxy) is 1. The Morgan fingerprint density at radius 3 is 3.18 bits per heavy atom. The van der Waals surface area contributed by atoms with Gasteiger partial charge >= 0.3 is 0 Å². The zero-order valence-electron chi connectivity index (χ0n) is 10.3. The summed E-state index contributed by atoms with van der Waals surface area (Å²) in [5, 5.41) is 3.54. The maximum Gasteiger partial charge on any atom is 0.0948 e. The number of rotatable bonds is 4. The Balaban J connectivity index is 1.60. The predicted octanol–water partition coefficient (Wildman–Crippen LogP) is 1.88. The highest BCUT2D eigenvalue weighted by Gasteiger charge is 2.21. The second-order valence-electron chi connectivity index (χ2n) is 5.08. The molecule has 4 nitrogen and oxygen atoms in total. The van der Waals surface area contributed by atoms with E-state index in [1.54, 1.807) is 0 Å². The Morgan fingerprint density at radius 1 is 1.41 bits per heavy atom. The molecule has 0 spiro atoms. The SMILES string of the molecule is c1ncn(CCC2CCCO2)c1C1CCCN1. The van der Waals surface area contributed by atoms with E-state index in [4.69, 9.17) is 4.74 Å². The van der Waals surface area contributed by atoms with E-state index in [-0.39, 0.29) is 0 Å². The van der Waals surface area contributed by atoms with Crippen molar-refractivity contribution in [1.29, 1.82) is 0 Å². The molecule has 2 saturated heterocycles. The molecule has 17 heavy (non-hydrogen) atoms. The lowest BCUT2D eigenvalue weighted by Crippen LogP contribution is -2.18. The Bertz CT molecular complexity index is 351. The highest BCUT2D eigenvalue weighted by molar-refractivity contribution is 5.07. The summed E-state index contributed by atoms with van der Waals surface area (Å²) < 4.78 is 7.96. The monoisotopic (exact) mass is 235 g/mol. The number of imidazole rings is 1. The maximum atomic E-state index is 5.67. The van der Waals surface area contributed by atoms with E-state index in [2.05, 4.69) is 14.9 Å². The second kappa shape index (κ2) is 5.19. The predicted molar refractivity (Wildman–Crippen MR) is 65.8 cm³/mol. The van der Waals surface area contributed by atoms with Gasteiger partial charge in [-0.2, -0.15) is 0 Å². The normalized spacial score (nSPS) is 28.9. The van der Waals surface area contributed by atoms with E-state index in [9.17, 15) is 0 Å². The number of aromatic nitrogens is 2. The summed E-state index contributed by atoms with van der Waals surface area (Å²) in [6, 6.07) is 0.516. The summed E-state index contributed by atoms with van der Waals surface area (Å²) in [5.74, 6) is 0. The topological polar surface area (TPSA) is 39.1 Å². The van der Waals surface area contributed by atoms with Crippen LogP contribution < -0.4 is 5.32 Å². The molecule has 0 amide bonds. The van der Waals surface area contributed by atoms with E-state index in [0.29, 0.717) is 12.1 Å². The Kier molecular flexibility index (Phi) is 3.43. The minimum atomic E-state index is 0.474. The minimum absolute atomic E-state index is 0.474. The van der Waals surface area contributed by atoms with Gasteiger partial charge in [0.25, 0.3) is 0 Å². The van der Waals surface area contributed by atoms with E-state index in [1.807, 2.05) is 12.5 Å². The standard InChI is InChI=1S/C13H21N3O/c1-4-12(15-6-1)13-9-14-10-16(13)7-5-11-3-2-8-17-11/h9-12,15H,1-8H2. The number of nitrogens with one attached hydrogen (secondary N) is 1. The van der Waals surface area contributed by atoms with Crippen molar-refractivity contribution in [3.63, 3.8) is 0 Å². The van der Waals surface area contributed by atoms with Crippen molar-refractivity contribution in [2.24, 2.45) is 0 Å². The van der Waals surface area contributed by atoms with Crippen molar-refractivity contribution in [2.45, 2.75) is 50.8 Å². The molecule has 1 aromatic heterocycles. The van der Waals surface area contributed by atoms with Crippen LogP contribution in [0, 0.1) is 0 Å². The Morgan fingerprint density at radius 2 is 2.41 bits per heavy atom. The van der Waals surface area contributed by atoms with Crippen LogP contribution in [-0.4, -0.2) is 28.8 Å². The molecule has 2 atom stereocenters. The molecular weight excluding hydrogens is 214 g/mol. The van der Waals surface area contributed by atoms with Gasteiger partial charge in [-0.25, -0.2) is 4.98 Å². The molecule has 2 aliphatic rings. The minimum Gasteiger partial charge on any atom is -0.378 e. The van der Waals surface area contributed by atoms with E-state index in [1.165, 1.54) is 31.4 Å². The van der Waals surface area contributed by atoms with Crippen molar-refractivity contribution < 1.29 is 4.74 Å². The fourth-order valence-electron chi connectivity index (χ4n) is 2.90. The second-order valence-corrected chi connectivity index (χ2v) is 5.08. The third-order valence-corrected chi connectivity index (χ3v) is 3.88. The van der Waals surface area contributed by atoms with Gasteiger partial charge in [0.1, 0.15) is 0 Å². The quantitative estimate of drug-likeness (QED) is 0.866.